The van der Waals surface area contributed by atoms with Crippen molar-refractivity contribution in [2.24, 2.45) is 11.7 Å². The Labute approximate surface area is 169 Å². The molecular weight excluding hydrogens is 456 g/mol. The number of nitrogens with zero attached hydrogens (tertiary/aromatic N) is 1. The fourth-order valence-electron chi connectivity index (χ4n) is 2.15. The third-order valence-corrected chi connectivity index (χ3v) is 6.28. The number of rotatable bonds is 8. The molecule has 2 aromatic rings. The molecule has 4 N–H and O–H groups in total. The van der Waals surface area contributed by atoms with Gasteiger partial charge in [0.2, 0.25) is 21.8 Å². The number of anilines is 1. The van der Waals surface area contributed by atoms with Crippen molar-refractivity contribution < 1.29 is 18.0 Å². The lowest BCUT2D eigenvalue weighted by Crippen LogP contribution is -2.47. The van der Waals surface area contributed by atoms with Crippen LogP contribution in [0.3, 0.4) is 0 Å². The first-order chi connectivity index (χ1) is 12.6. The molecule has 0 saturated carbocycles. The number of amides is 2. The standard InChI is InChI=1S/C16H19BrN4O4S2/c1-9(2)14(21-27(24,25)12-5-3-10(17)4-6-12)15(23)20-16-19-11(8-26-16)7-13(18)22/h3-6,8-9,14,21H,7H2,1-2H3,(H2,18,22)(H,19,20,23)/t14-/m0/s1. The SMILES string of the molecule is CC(C)[C@H](NS(=O)(=O)c1ccc(Br)cc1)C(=O)Nc1nc(CC(N)=O)cs1. The summed E-state index contributed by atoms with van der Waals surface area (Å²) in [4.78, 5) is 27.7. The second-order valence-corrected chi connectivity index (χ2v) is 9.56. The number of sulfonamides is 1. The molecule has 0 unspecified atom stereocenters. The maximum atomic E-state index is 12.6. The zero-order valence-corrected chi connectivity index (χ0v) is 17.8. The highest BCUT2D eigenvalue weighted by molar-refractivity contribution is 9.10. The van der Waals surface area contributed by atoms with Gasteiger partial charge >= 0.3 is 0 Å². The number of halogens is 1. The van der Waals surface area contributed by atoms with Crippen LogP contribution in [-0.2, 0) is 26.0 Å². The van der Waals surface area contributed by atoms with Crippen LogP contribution in [-0.4, -0.2) is 31.3 Å². The molecule has 2 amide bonds. The van der Waals surface area contributed by atoms with Crippen molar-refractivity contribution in [3.63, 3.8) is 0 Å². The zero-order valence-electron chi connectivity index (χ0n) is 14.6. The van der Waals surface area contributed by atoms with Crippen molar-refractivity contribution >= 4 is 54.2 Å². The first-order valence-corrected chi connectivity index (χ1v) is 11.1. The van der Waals surface area contributed by atoms with E-state index in [0.717, 1.165) is 15.8 Å². The molecule has 0 radical (unpaired) electrons. The minimum atomic E-state index is -3.88. The van der Waals surface area contributed by atoms with Gasteiger partial charge < -0.3 is 11.1 Å². The van der Waals surface area contributed by atoms with Crippen molar-refractivity contribution in [3.8, 4) is 0 Å². The Morgan fingerprint density at radius 3 is 2.44 bits per heavy atom. The highest BCUT2D eigenvalue weighted by atomic mass is 79.9. The molecule has 0 saturated heterocycles. The zero-order chi connectivity index (χ0) is 20.2. The molecule has 0 bridgehead atoms. The molecule has 11 heteroatoms. The third-order valence-electron chi connectivity index (χ3n) is 3.49. The molecule has 1 aromatic heterocycles. The summed E-state index contributed by atoms with van der Waals surface area (Å²) in [5.41, 5.74) is 5.56. The topological polar surface area (TPSA) is 131 Å². The van der Waals surface area contributed by atoms with Crippen molar-refractivity contribution in [3.05, 3.63) is 39.8 Å². The van der Waals surface area contributed by atoms with Crippen LogP contribution in [0.2, 0.25) is 0 Å². The summed E-state index contributed by atoms with van der Waals surface area (Å²) in [6.45, 7) is 3.46. The maximum Gasteiger partial charge on any atom is 0.244 e. The molecule has 2 rings (SSSR count). The summed E-state index contributed by atoms with van der Waals surface area (Å²) < 4.78 is 28.3. The van der Waals surface area contributed by atoms with Crippen molar-refractivity contribution in [1.82, 2.24) is 9.71 Å². The van der Waals surface area contributed by atoms with Gasteiger partial charge in [0.05, 0.1) is 17.0 Å². The Morgan fingerprint density at radius 1 is 1.26 bits per heavy atom. The van der Waals surface area contributed by atoms with Gasteiger partial charge in [-0.2, -0.15) is 4.72 Å². The van der Waals surface area contributed by atoms with Gasteiger partial charge in [-0.05, 0) is 30.2 Å². The van der Waals surface area contributed by atoms with Crippen LogP contribution in [0.25, 0.3) is 0 Å². The monoisotopic (exact) mass is 474 g/mol. The fourth-order valence-corrected chi connectivity index (χ4v) is 4.47. The number of carbonyl (C=O) groups excluding carboxylic acids is 2. The molecular formula is C16H19BrN4O4S2. The van der Waals surface area contributed by atoms with E-state index < -0.39 is 27.9 Å². The van der Waals surface area contributed by atoms with E-state index in [4.69, 9.17) is 5.73 Å². The van der Waals surface area contributed by atoms with E-state index in [1.165, 1.54) is 12.1 Å². The first-order valence-electron chi connectivity index (χ1n) is 7.90. The highest BCUT2D eigenvalue weighted by Gasteiger charge is 2.29. The smallest absolute Gasteiger partial charge is 0.244 e. The molecule has 1 atom stereocenters. The predicted octanol–water partition coefficient (Wildman–Crippen LogP) is 1.87. The number of thiazole rings is 1. The molecule has 146 valence electrons. The Morgan fingerprint density at radius 2 is 1.89 bits per heavy atom. The number of carbonyl (C=O) groups is 2. The number of aromatic nitrogens is 1. The van der Waals surface area contributed by atoms with Gasteiger partial charge in [0, 0.05) is 9.85 Å². The quantitative estimate of drug-likeness (QED) is 0.537. The minimum absolute atomic E-state index is 0.0316. The van der Waals surface area contributed by atoms with Crippen molar-refractivity contribution in [1.29, 1.82) is 0 Å². The van der Waals surface area contributed by atoms with Crippen molar-refractivity contribution in [2.45, 2.75) is 31.2 Å². The lowest BCUT2D eigenvalue weighted by Gasteiger charge is -2.21. The number of nitrogens with one attached hydrogen (secondary N) is 2. The van der Waals surface area contributed by atoms with Gasteiger partial charge in [-0.25, -0.2) is 13.4 Å². The van der Waals surface area contributed by atoms with Gasteiger partial charge in [0.15, 0.2) is 5.13 Å². The summed E-state index contributed by atoms with van der Waals surface area (Å²) in [7, 11) is -3.88. The largest absolute Gasteiger partial charge is 0.369 e. The van der Waals surface area contributed by atoms with Crippen LogP contribution in [0.15, 0.2) is 39.0 Å². The number of hydrogen-bond acceptors (Lipinski definition) is 6. The number of primary amides is 1. The average Bonchev–Trinajstić information content (AvgIpc) is 2.98. The van der Waals surface area contributed by atoms with Crippen LogP contribution in [0, 0.1) is 5.92 Å². The van der Waals surface area contributed by atoms with Gasteiger partial charge in [-0.15, -0.1) is 11.3 Å². The van der Waals surface area contributed by atoms with Crippen LogP contribution in [0.5, 0.6) is 0 Å². The lowest BCUT2D eigenvalue weighted by atomic mass is 10.1. The van der Waals surface area contributed by atoms with E-state index >= 15 is 0 Å². The highest BCUT2D eigenvalue weighted by Crippen LogP contribution is 2.19. The van der Waals surface area contributed by atoms with Crippen LogP contribution in [0.1, 0.15) is 19.5 Å². The first kappa shape index (κ1) is 21.5. The Balaban J connectivity index is 2.14. The average molecular weight is 475 g/mol. The van der Waals surface area contributed by atoms with Gasteiger partial charge in [-0.1, -0.05) is 29.8 Å². The minimum Gasteiger partial charge on any atom is -0.369 e. The number of nitrogens with two attached hydrogens (primary N) is 1. The van der Waals surface area contributed by atoms with E-state index in [1.54, 1.807) is 31.4 Å². The second-order valence-electron chi connectivity index (χ2n) is 6.07. The Bertz CT molecular complexity index is 926. The Hall–Kier alpha value is -1.82. The molecule has 0 spiro atoms. The molecule has 27 heavy (non-hydrogen) atoms. The van der Waals surface area contributed by atoms with Gasteiger partial charge in [-0.3, -0.25) is 9.59 Å². The summed E-state index contributed by atoms with van der Waals surface area (Å²) >= 11 is 4.38. The summed E-state index contributed by atoms with van der Waals surface area (Å²) in [6, 6.07) is 5.10. The predicted molar refractivity (Wildman–Crippen MR) is 107 cm³/mol. The molecule has 1 aromatic carbocycles. The second kappa shape index (κ2) is 8.91. The van der Waals surface area contributed by atoms with Crippen LogP contribution in [0.4, 0.5) is 5.13 Å². The van der Waals surface area contributed by atoms with E-state index in [1.807, 2.05) is 0 Å². The molecule has 0 aliphatic rings. The maximum absolute atomic E-state index is 12.6. The van der Waals surface area contributed by atoms with Crippen LogP contribution >= 0.6 is 27.3 Å². The van der Waals surface area contributed by atoms with Gasteiger partial charge in [0.1, 0.15) is 6.04 Å². The molecule has 0 aliphatic carbocycles. The van der Waals surface area contributed by atoms with Gasteiger partial charge in [0.25, 0.3) is 0 Å². The Kier molecular flexibility index (Phi) is 7.09. The molecule has 0 fully saturated rings. The molecule has 8 nitrogen and oxygen atoms in total. The van der Waals surface area contributed by atoms with Crippen molar-refractivity contribution in [2.75, 3.05) is 5.32 Å². The number of hydrogen-bond donors (Lipinski definition) is 3. The summed E-state index contributed by atoms with van der Waals surface area (Å²) in [5, 5.41) is 4.46. The third kappa shape index (κ3) is 6.09. The molecule has 1 heterocycles. The lowest BCUT2D eigenvalue weighted by molar-refractivity contribution is -0.119. The summed E-state index contributed by atoms with van der Waals surface area (Å²) in [6.07, 6.45) is -0.0316. The number of benzene rings is 1. The molecule has 0 aliphatic heterocycles. The fraction of sp³-hybridized carbons (Fsp3) is 0.312. The van der Waals surface area contributed by atoms with E-state index in [0.29, 0.717) is 5.69 Å². The summed E-state index contributed by atoms with van der Waals surface area (Å²) in [5.74, 6) is -1.37. The van der Waals surface area contributed by atoms with E-state index in [-0.39, 0.29) is 22.4 Å². The van der Waals surface area contributed by atoms with E-state index in [2.05, 4.69) is 31.0 Å². The van der Waals surface area contributed by atoms with Crippen LogP contribution < -0.4 is 15.8 Å². The van der Waals surface area contributed by atoms with E-state index in [9.17, 15) is 18.0 Å². The normalized spacial score (nSPS) is 12.7.